The van der Waals surface area contributed by atoms with Crippen LogP contribution in [0, 0.1) is 0 Å². The number of halogens is 1. The predicted molar refractivity (Wildman–Crippen MR) is 106 cm³/mol. The highest BCUT2D eigenvalue weighted by molar-refractivity contribution is 7.17. The summed E-state index contributed by atoms with van der Waals surface area (Å²) >= 11 is 8.68. The molecule has 0 fully saturated rings. The molecule has 0 spiro atoms. The number of carboxylic acid groups (broad SMARTS) is 1. The summed E-state index contributed by atoms with van der Waals surface area (Å²) in [4.78, 5) is 27.9. The molecule has 0 unspecified atom stereocenters. The van der Waals surface area contributed by atoms with Crippen LogP contribution in [0.1, 0.15) is 20.8 Å². The van der Waals surface area contributed by atoms with Crippen LogP contribution in [0.4, 0.5) is 5.69 Å². The molecule has 0 saturated carbocycles. The number of aromatic carboxylic acids is 1. The zero-order chi connectivity index (χ0) is 18.3. The van der Waals surface area contributed by atoms with Crippen molar-refractivity contribution in [2.45, 2.75) is 0 Å². The van der Waals surface area contributed by atoms with Crippen molar-refractivity contribution in [1.82, 2.24) is 4.98 Å². The molecule has 1 amide bonds. The summed E-state index contributed by atoms with van der Waals surface area (Å²) in [5.74, 6) is -1.48. The number of H-pyrrole nitrogens is 1. The number of carbonyl (C=O) groups is 2. The highest BCUT2D eigenvalue weighted by atomic mass is 35.5. The number of fused-ring (bicyclic) bond motifs is 1. The van der Waals surface area contributed by atoms with Crippen molar-refractivity contribution in [3.8, 4) is 10.4 Å². The molecule has 0 aliphatic rings. The minimum atomic E-state index is -1.10. The van der Waals surface area contributed by atoms with Crippen molar-refractivity contribution < 1.29 is 14.7 Å². The summed E-state index contributed by atoms with van der Waals surface area (Å²) in [6.45, 7) is 0. The first-order chi connectivity index (χ1) is 12.5. The summed E-state index contributed by atoms with van der Waals surface area (Å²) in [7, 11) is 0. The average molecular weight is 403 g/mol. The zero-order valence-corrected chi connectivity index (χ0v) is 15.5. The van der Waals surface area contributed by atoms with E-state index in [4.69, 9.17) is 11.6 Å². The van der Waals surface area contributed by atoms with Gasteiger partial charge in [0.1, 0.15) is 11.3 Å². The van der Waals surface area contributed by atoms with Crippen LogP contribution in [0.3, 0.4) is 0 Å². The zero-order valence-electron chi connectivity index (χ0n) is 13.1. The molecular formula is C18H11ClN2O3S2. The molecule has 130 valence electrons. The van der Waals surface area contributed by atoms with Gasteiger partial charge in [0.25, 0.3) is 5.91 Å². The molecule has 0 atom stereocenters. The Morgan fingerprint density at radius 2 is 1.88 bits per heavy atom. The van der Waals surface area contributed by atoms with Crippen LogP contribution in [-0.2, 0) is 0 Å². The van der Waals surface area contributed by atoms with E-state index in [0.717, 1.165) is 15.8 Å². The first-order valence-corrected chi connectivity index (χ1v) is 9.65. The highest BCUT2D eigenvalue weighted by Crippen LogP contribution is 2.36. The molecular weight excluding hydrogens is 392 g/mol. The number of anilines is 1. The lowest BCUT2D eigenvalue weighted by Gasteiger charge is -2.05. The molecule has 0 bridgehead atoms. The van der Waals surface area contributed by atoms with E-state index in [1.807, 2.05) is 11.4 Å². The highest BCUT2D eigenvalue weighted by Gasteiger charge is 2.22. The normalized spacial score (nSPS) is 11.0. The number of nitrogens with one attached hydrogen (secondary N) is 2. The Hall–Kier alpha value is -2.61. The van der Waals surface area contributed by atoms with Crippen LogP contribution < -0.4 is 5.32 Å². The van der Waals surface area contributed by atoms with Gasteiger partial charge in [0.15, 0.2) is 0 Å². The topological polar surface area (TPSA) is 82.2 Å². The number of carbonyl (C=O) groups excluding carboxylic acids is 1. The maximum atomic E-state index is 12.5. The Kier molecular flexibility index (Phi) is 4.28. The monoisotopic (exact) mass is 402 g/mol. The van der Waals surface area contributed by atoms with E-state index in [1.165, 1.54) is 22.7 Å². The third-order valence-electron chi connectivity index (χ3n) is 3.84. The third kappa shape index (κ3) is 3.01. The van der Waals surface area contributed by atoms with E-state index in [0.29, 0.717) is 15.6 Å². The predicted octanol–water partition coefficient (Wildman–Crippen LogP) is 5.56. The van der Waals surface area contributed by atoms with E-state index in [2.05, 4.69) is 10.3 Å². The lowest BCUT2D eigenvalue weighted by molar-refractivity contribution is 0.0699. The molecule has 26 heavy (non-hydrogen) atoms. The molecule has 5 nitrogen and oxygen atoms in total. The summed E-state index contributed by atoms with van der Waals surface area (Å²) in [6, 6.07) is 10.6. The van der Waals surface area contributed by atoms with Crippen LogP contribution in [0.5, 0.6) is 0 Å². The minimum absolute atomic E-state index is 0.0686. The van der Waals surface area contributed by atoms with Gasteiger partial charge in [0.2, 0.25) is 0 Å². The standard InChI is InChI=1S/C18H11ClN2O3S2/c19-10-3-1-9(2-4-10)16-15(18(23)24)13(8-26-16)21-17(22)12-7-14-11(20-12)5-6-25-14/h1-8,20H,(H,21,22)(H,23,24). The van der Waals surface area contributed by atoms with Crippen LogP contribution in [-0.4, -0.2) is 22.0 Å². The molecule has 0 saturated heterocycles. The molecule has 0 aliphatic heterocycles. The van der Waals surface area contributed by atoms with Gasteiger partial charge in [0.05, 0.1) is 20.8 Å². The number of benzene rings is 1. The summed E-state index contributed by atoms with van der Waals surface area (Å²) in [5, 5.41) is 16.5. The number of hydrogen-bond donors (Lipinski definition) is 3. The van der Waals surface area contributed by atoms with Crippen LogP contribution >= 0.6 is 34.3 Å². The lowest BCUT2D eigenvalue weighted by Crippen LogP contribution is -2.14. The number of thiophene rings is 2. The maximum Gasteiger partial charge on any atom is 0.339 e. The molecule has 3 N–H and O–H groups in total. The van der Waals surface area contributed by atoms with E-state index >= 15 is 0 Å². The number of carboxylic acids is 1. The number of aromatic nitrogens is 1. The van der Waals surface area contributed by atoms with Crippen LogP contribution in [0.25, 0.3) is 20.7 Å². The molecule has 4 rings (SSSR count). The van der Waals surface area contributed by atoms with Gasteiger partial charge in [-0.15, -0.1) is 22.7 Å². The smallest absolute Gasteiger partial charge is 0.339 e. The molecule has 3 heterocycles. The van der Waals surface area contributed by atoms with Gasteiger partial charge < -0.3 is 15.4 Å². The first kappa shape index (κ1) is 16.8. The van der Waals surface area contributed by atoms with Crippen molar-refractivity contribution >= 4 is 62.1 Å². The Balaban J connectivity index is 1.68. The van der Waals surface area contributed by atoms with E-state index in [1.54, 1.807) is 35.7 Å². The van der Waals surface area contributed by atoms with Gasteiger partial charge in [0, 0.05) is 10.4 Å². The molecule has 0 radical (unpaired) electrons. The third-order valence-corrected chi connectivity index (χ3v) is 5.99. The SMILES string of the molecule is O=C(Nc1csc(-c2ccc(Cl)cc2)c1C(=O)O)c1cc2sccc2[nH]1. The van der Waals surface area contributed by atoms with Crippen molar-refractivity contribution in [2.75, 3.05) is 5.32 Å². The largest absolute Gasteiger partial charge is 0.478 e. The minimum Gasteiger partial charge on any atom is -0.478 e. The number of rotatable bonds is 4. The number of aromatic amines is 1. The molecule has 8 heteroatoms. The quantitative estimate of drug-likeness (QED) is 0.417. The first-order valence-electron chi connectivity index (χ1n) is 7.51. The summed E-state index contributed by atoms with van der Waals surface area (Å²) in [5.41, 5.74) is 2.35. The van der Waals surface area contributed by atoms with Gasteiger partial charge in [-0.1, -0.05) is 23.7 Å². The Morgan fingerprint density at radius 3 is 2.58 bits per heavy atom. The number of amides is 1. The second-order valence-electron chi connectivity index (χ2n) is 5.50. The maximum absolute atomic E-state index is 12.5. The fourth-order valence-corrected chi connectivity index (χ4v) is 4.54. The second-order valence-corrected chi connectivity index (χ2v) is 7.76. The van der Waals surface area contributed by atoms with Gasteiger partial charge in [-0.3, -0.25) is 4.79 Å². The fraction of sp³-hybridized carbons (Fsp3) is 0. The van der Waals surface area contributed by atoms with Crippen molar-refractivity contribution in [3.63, 3.8) is 0 Å². The van der Waals surface area contributed by atoms with E-state index in [-0.39, 0.29) is 17.2 Å². The molecule has 0 aliphatic carbocycles. The Labute approximate surface area is 160 Å². The van der Waals surface area contributed by atoms with Crippen molar-refractivity contribution in [2.24, 2.45) is 0 Å². The van der Waals surface area contributed by atoms with Gasteiger partial charge >= 0.3 is 5.97 Å². The van der Waals surface area contributed by atoms with E-state index in [9.17, 15) is 14.7 Å². The number of hydrogen-bond acceptors (Lipinski definition) is 4. The van der Waals surface area contributed by atoms with Crippen LogP contribution in [0.15, 0.2) is 47.2 Å². The average Bonchev–Trinajstić information content (AvgIpc) is 3.29. The van der Waals surface area contributed by atoms with E-state index < -0.39 is 5.97 Å². The summed E-state index contributed by atoms with van der Waals surface area (Å²) in [6.07, 6.45) is 0. The van der Waals surface area contributed by atoms with Crippen LogP contribution in [0.2, 0.25) is 5.02 Å². The van der Waals surface area contributed by atoms with Gasteiger partial charge in [-0.05, 0) is 35.2 Å². The van der Waals surface area contributed by atoms with Crippen molar-refractivity contribution in [1.29, 1.82) is 0 Å². The fourth-order valence-electron chi connectivity index (χ4n) is 2.64. The lowest BCUT2D eigenvalue weighted by atomic mass is 10.1. The van der Waals surface area contributed by atoms with Gasteiger partial charge in [-0.2, -0.15) is 0 Å². The Morgan fingerprint density at radius 1 is 1.12 bits per heavy atom. The summed E-state index contributed by atoms with van der Waals surface area (Å²) < 4.78 is 0.973. The molecule has 4 aromatic rings. The second kappa shape index (κ2) is 6.60. The van der Waals surface area contributed by atoms with Gasteiger partial charge in [-0.25, -0.2) is 4.79 Å². The van der Waals surface area contributed by atoms with Crippen molar-refractivity contribution in [3.05, 3.63) is 63.4 Å². The molecule has 3 aromatic heterocycles. The molecule has 1 aromatic carbocycles. The Bertz CT molecular complexity index is 1100.